The molecule has 3 nitrogen and oxygen atoms in total. The zero-order valence-electron chi connectivity index (χ0n) is 11.3. The summed E-state index contributed by atoms with van der Waals surface area (Å²) < 4.78 is 42.4. The number of hydrogen-bond donors (Lipinski definition) is 2. The second kappa shape index (κ2) is 9.47. The summed E-state index contributed by atoms with van der Waals surface area (Å²) in [6, 6.07) is -0.861. The molecule has 7 heteroatoms. The molecule has 0 amide bonds. The van der Waals surface area contributed by atoms with E-state index in [2.05, 4.69) is 4.72 Å². The number of aliphatic carboxylic acids is 1. The van der Waals surface area contributed by atoms with Gasteiger partial charge < -0.3 is 5.11 Å². The molecule has 1 unspecified atom stereocenters. The van der Waals surface area contributed by atoms with E-state index in [0.29, 0.717) is 0 Å². The number of rotatable bonds is 11. The van der Waals surface area contributed by atoms with E-state index >= 15 is 0 Å². The predicted molar refractivity (Wildman–Crippen MR) is 71.2 cm³/mol. The lowest BCUT2D eigenvalue weighted by molar-refractivity contribution is -0.158. The van der Waals surface area contributed by atoms with Crippen LogP contribution in [0.25, 0.3) is 0 Å². The molecule has 114 valence electrons. The lowest BCUT2D eigenvalue weighted by atomic mass is 9.92. The molecule has 0 bridgehead atoms. The maximum Gasteiger partial charge on any atom is 0.312 e. The van der Waals surface area contributed by atoms with E-state index in [0.717, 1.165) is 18.6 Å². The summed E-state index contributed by atoms with van der Waals surface area (Å²) in [5, 5.41) is 8.86. The van der Waals surface area contributed by atoms with E-state index in [1.165, 1.54) is 18.9 Å². The minimum Gasteiger partial charge on any atom is -0.481 e. The zero-order valence-corrected chi connectivity index (χ0v) is 12.1. The van der Waals surface area contributed by atoms with Gasteiger partial charge in [0.15, 0.2) is 0 Å². The summed E-state index contributed by atoms with van der Waals surface area (Å²) in [7, 11) is 0. The molecule has 0 radical (unpaired) electrons. The fourth-order valence-electron chi connectivity index (χ4n) is 1.52. The van der Waals surface area contributed by atoms with Crippen molar-refractivity contribution in [3.63, 3.8) is 0 Å². The molecule has 0 aliphatic rings. The third-order valence-electron chi connectivity index (χ3n) is 2.84. The van der Waals surface area contributed by atoms with Crippen LogP contribution in [0.1, 0.15) is 39.5 Å². The predicted octanol–water partition coefficient (Wildman–Crippen LogP) is 3.50. The second-order valence-corrected chi connectivity index (χ2v) is 5.34. The van der Waals surface area contributed by atoms with Gasteiger partial charge in [-0.2, -0.15) is 0 Å². The Bertz CT molecular complexity index is 267. The molecule has 0 saturated heterocycles. The van der Waals surface area contributed by atoms with Crippen molar-refractivity contribution in [3.8, 4) is 0 Å². The van der Waals surface area contributed by atoms with Crippen LogP contribution in [0, 0.1) is 5.92 Å². The molecule has 2 atom stereocenters. The van der Waals surface area contributed by atoms with E-state index in [1.807, 2.05) is 6.92 Å². The van der Waals surface area contributed by atoms with E-state index in [9.17, 15) is 18.0 Å². The van der Waals surface area contributed by atoms with Crippen molar-refractivity contribution < 1.29 is 23.1 Å². The van der Waals surface area contributed by atoms with Crippen LogP contribution in [0.4, 0.5) is 13.2 Å². The summed E-state index contributed by atoms with van der Waals surface area (Å²) in [4.78, 5) is 10.9. The number of carboxylic acid groups (broad SMARTS) is 1. The Morgan fingerprint density at radius 2 is 2.05 bits per heavy atom. The van der Waals surface area contributed by atoms with Crippen molar-refractivity contribution >= 4 is 17.9 Å². The lowest BCUT2D eigenvalue weighted by Crippen LogP contribution is -2.40. The van der Waals surface area contributed by atoms with Gasteiger partial charge in [0.2, 0.25) is 0 Å². The topological polar surface area (TPSA) is 49.3 Å². The first-order valence-corrected chi connectivity index (χ1v) is 7.41. The van der Waals surface area contributed by atoms with Crippen molar-refractivity contribution in [2.45, 2.75) is 51.5 Å². The first-order valence-electron chi connectivity index (χ1n) is 6.42. The van der Waals surface area contributed by atoms with Crippen molar-refractivity contribution in [2.75, 3.05) is 12.4 Å². The minimum absolute atomic E-state index is 0.411. The van der Waals surface area contributed by atoms with Crippen molar-refractivity contribution in [3.05, 3.63) is 0 Å². The van der Waals surface area contributed by atoms with Gasteiger partial charge in [-0.25, -0.2) is 13.2 Å². The minimum atomic E-state index is -3.31. The molecule has 0 aromatic carbocycles. The highest BCUT2D eigenvalue weighted by Crippen LogP contribution is 2.32. The molecule has 0 saturated carbocycles. The van der Waals surface area contributed by atoms with Gasteiger partial charge in [0.05, 0.1) is 0 Å². The SMILES string of the molecule is CCCCSN[C@@H](CF)CC(C(=O)O)C(F)(F)CC. The molecule has 0 fully saturated rings. The summed E-state index contributed by atoms with van der Waals surface area (Å²) in [5.74, 6) is -5.99. The van der Waals surface area contributed by atoms with E-state index in [4.69, 9.17) is 5.11 Å². The molecule has 2 N–H and O–H groups in total. The molecule has 19 heavy (non-hydrogen) atoms. The number of alkyl halides is 3. The van der Waals surface area contributed by atoms with Crippen LogP contribution in [0.5, 0.6) is 0 Å². The average molecular weight is 301 g/mol. The quantitative estimate of drug-likeness (QED) is 0.453. The molecular weight excluding hydrogens is 279 g/mol. The monoisotopic (exact) mass is 301 g/mol. The largest absolute Gasteiger partial charge is 0.481 e. The molecule has 0 heterocycles. The summed E-state index contributed by atoms with van der Waals surface area (Å²) in [6.07, 6.45) is 0.947. The standard InChI is InChI=1S/C12H22F3NO2S/c1-3-5-6-19-16-9(8-13)7-10(11(17)18)12(14,15)4-2/h9-10,16H,3-8H2,1-2H3,(H,17,18)/t9-,10?/m1/s1. The van der Waals surface area contributed by atoms with Gasteiger partial charge in [-0.3, -0.25) is 9.52 Å². The van der Waals surface area contributed by atoms with Gasteiger partial charge >= 0.3 is 5.97 Å². The average Bonchev–Trinajstić information content (AvgIpc) is 2.37. The number of nitrogens with one attached hydrogen (secondary N) is 1. The van der Waals surface area contributed by atoms with Crippen LogP contribution in [0.15, 0.2) is 0 Å². The maximum atomic E-state index is 13.5. The highest BCUT2D eigenvalue weighted by molar-refractivity contribution is 7.97. The van der Waals surface area contributed by atoms with Gasteiger partial charge in [0.25, 0.3) is 5.92 Å². The van der Waals surface area contributed by atoms with Gasteiger partial charge in [-0.1, -0.05) is 32.2 Å². The van der Waals surface area contributed by atoms with Crippen LogP contribution in [0.3, 0.4) is 0 Å². The Labute approximate surface area is 116 Å². The molecule has 0 spiro atoms. The van der Waals surface area contributed by atoms with E-state index in [-0.39, 0.29) is 0 Å². The van der Waals surface area contributed by atoms with Crippen LogP contribution in [-0.4, -0.2) is 35.5 Å². The Balaban J connectivity index is 4.41. The second-order valence-electron chi connectivity index (χ2n) is 4.41. The summed E-state index contributed by atoms with van der Waals surface area (Å²) in [6.45, 7) is 2.38. The smallest absolute Gasteiger partial charge is 0.312 e. The number of hydrogen-bond acceptors (Lipinski definition) is 3. The molecule has 0 aliphatic heterocycles. The normalized spacial score (nSPS) is 15.2. The number of halogens is 3. The number of unbranched alkanes of at least 4 members (excludes halogenated alkanes) is 1. The van der Waals surface area contributed by atoms with Crippen LogP contribution < -0.4 is 4.72 Å². The van der Waals surface area contributed by atoms with Crippen LogP contribution in [-0.2, 0) is 4.79 Å². The summed E-state index contributed by atoms with van der Waals surface area (Å²) in [5.41, 5.74) is 0. The first-order chi connectivity index (χ1) is 8.88. The Hall–Kier alpha value is -0.430. The lowest BCUT2D eigenvalue weighted by Gasteiger charge is -2.25. The van der Waals surface area contributed by atoms with Crippen molar-refractivity contribution in [1.82, 2.24) is 4.72 Å². The van der Waals surface area contributed by atoms with Gasteiger partial charge in [-0.05, 0) is 12.8 Å². The van der Waals surface area contributed by atoms with Gasteiger partial charge in [0.1, 0.15) is 12.6 Å². The highest BCUT2D eigenvalue weighted by Gasteiger charge is 2.43. The number of carbonyl (C=O) groups is 1. The number of carboxylic acids is 1. The third-order valence-corrected chi connectivity index (χ3v) is 3.83. The molecule has 0 rings (SSSR count). The maximum absolute atomic E-state index is 13.5. The zero-order chi connectivity index (χ0) is 14.9. The molecule has 0 aromatic heterocycles. The Morgan fingerprint density at radius 1 is 1.42 bits per heavy atom. The van der Waals surface area contributed by atoms with Crippen molar-refractivity contribution in [2.24, 2.45) is 5.92 Å². The highest BCUT2D eigenvalue weighted by atomic mass is 32.2. The first kappa shape index (κ1) is 18.6. The van der Waals surface area contributed by atoms with Crippen molar-refractivity contribution in [1.29, 1.82) is 0 Å². The Morgan fingerprint density at radius 3 is 2.47 bits per heavy atom. The fraction of sp³-hybridized carbons (Fsp3) is 0.917. The van der Waals surface area contributed by atoms with Gasteiger partial charge in [-0.15, -0.1) is 0 Å². The molecule has 0 aromatic rings. The van der Waals surface area contributed by atoms with Crippen LogP contribution in [0.2, 0.25) is 0 Å². The Kier molecular flexibility index (Phi) is 9.26. The third kappa shape index (κ3) is 7.06. The fourth-order valence-corrected chi connectivity index (χ4v) is 2.47. The van der Waals surface area contributed by atoms with Gasteiger partial charge in [0, 0.05) is 18.2 Å². The summed E-state index contributed by atoms with van der Waals surface area (Å²) >= 11 is 1.25. The molecule has 0 aliphatic carbocycles. The van der Waals surface area contributed by atoms with Crippen LogP contribution >= 0.6 is 11.9 Å². The van der Waals surface area contributed by atoms with E-state index < -0.39 is 43.4 Å². The van der Waals surface area contributed by atoms with E-state index in [1.54, 1.807) is 0 Å². The molecular formula is C12H22F3NO2S.